The molecule has 0 spiro atoms. The second-order valence-electron chi connectivity index (χ2n) is 6.39. The van der Waals surface area contributed by atoms with Crippen LogP contribution >= 0.6 is 0 Å². The highest BCUT2D eigenvalue weighted by Gasteiger charge is 2.38. The molecule has 24 heavy (non-hydrogen) atoms. The first-order valence-corrected chi connectivity index (χ1v) is 7.48. The molecule has 3 N–H and O–H groups in total. The normalized spacial score (nSPS) is 16.3. The predicted molar refractivity (Wildman–Crippen MR) is 85.6 cm³/mol. The molecule has 1 saturated heterocycles. The lowest BCUT2D eigenvalue weighted by Gasteiger charge is -2.47. The average molecular weight is 337 g/mol. The van der Waals surface area contributed by atoms with Crippen LogP contribution in [-0.4, -0.2) is 34.3 Å². The summed E-state index contributed by atoms with van der Waals surface area (Å²) in [6.07, 6.45) is 1.08. The van der Waals surface area contributed by atoms with Crippen molar-refractivity contribution in [1.29, 1.82) is 0 Å². The molecule has 2 heterocycles. The molecule has 1 aliphatic heterocycles. The van der Waals surface area contributed by atoms with Crippen molar-refractivity contribution in [3.63, 3.8) is 0 Å². The van der Waals surface area contributed by atoms with Gasteiger partial charge in [-0.3, -0.25) is 4.79 Å². The van der Waals surface area contributed by atoms with Gasteiger partial charge >= 0.3 is 5.97 Å². The summed E-state index contributed by atoms with van der Waals surface area (Å²) in [5.41, 5.74) is 3.60. The summed E-state index contributed by atoms with van der Waals surface area (Å²) in [5.74, 6) is -3.22. The van der Waals surface area contributed by atoms with Crippen molar-refractivity contribution in [1.82, 2.24) is 4.57 Å². The Morgan fingerprint density at radius 3 is 2.54 bits per heavy atom. The topological polar surface area (TPSA) is 88.6 Å². The van der Waals surface area contributed by atoms with Gasteiger partial charge in [-0.25, -0.2) is 13.6 Å². The van der Waals surface area contributed by atoms with Crippen molar-refractivity contribution in [3.05, 3.63) is 39.7 Å². The smallest absolute Gasteiger partial charge is 0.341 e. The number of carboxylic acids is 1. The molecule has 0 amide bonds. The number of fused-ring (bicyclic) bond motifs is 1. The van der Waals surface area contributed by atoms with E-state index >= 15 is 0 Å². The molecule has 0 atom stereocenters. The molecular weight excluding hydrogens is 320 g/mol. The number of aromatic carboxylic acids is 1. The summed E-state index contributed by atoms with van der Waals surface area (Å²) in [6.45, 7) is 4.26. The van der Waals surface area contributed by atoms with Gasteiger partial charge < -0.3 is 20.3 Å². The Hall–Kier alpha value is -2.48. The van der Waals surface area contributed by atoms with Gasteiger partial charge in [-0.05, 0) is 19.9 Å². The number of aromatic nitrogens is 1. The van der Waals surface area contributed by atoms with Crippen molar-refractivity contribution >= 4 is 22.6 Å². The summed E-state index contributed by atoms with van der Waals surface area (Å²) in [6, 6.07) is 0.904. The van der Waals surface area contributed by atoms with E-state index in [0.29, 0.717) is 0 Å². The molecule has 6 nitrogen and oxygen atoms in total. The minimum atomic E-state index is -1.43. The molecule has 128 valence electrons. The van der Waals surface area contributed by atoms with E-state index < -0.39 is 34.1 Å². The van der Waals surface area contributed by atoms with Gasteiger partial charge in [0, 0.05) is 31.4 Å². The molecule has 2 aromatic rings. The third kappa shape index (κ3) is 2.34. The Morgan fingerprint density at radius 1 is 1.42 bits per heavy atom. The average Bonchev–Trinajstić information content (AvgIpc) is 2.46. The molecule has 0 saturated carbocycles. The second kappa shape index (κ2) is 5.27. The highest BCUT2D eigenvalue weighted by atomic mass is 19.1. The lowest BCUT2D eigenvalue weighted by molar-refractivity contribution is 0.0695. The van der Waals surface area contributed by atoms with Crippen LogP contribution in [0.25, 0.3) is 10.9 Å². The van der Waals surface area contributed by atoms with Crippen LogP contribution in [0.2, 0.25) is 0 Å². The summed E-state index contributed by atoms with van der Waals surface area (Å²) in [4.78, 5) is 24.9. The number of halogens is 2. The van der Waals surface area contributed by atoms with E-state index in [1.54, 1.807) is 13.8 Å². The number of anilines is 1. The number of nitrogens with zero attached hydrogens (tertiary/aromatic N) is 2. The Bertz CT molecular complexity index is 913. The second-order valence-corrected chi connectivity index (χ2v) is 6.39. The van der Waals surface area contributed by atoms with Crippen LogP contribution in [0.5, 0.6) is 0 Å². The molecule has 0 aliphatic carbocycles. The van der Waals surface area contributed by atoms with Gasteiger partial charge in [0.25, 0.3) is 0 Å². The number of pyridine rings is 1. The van der Waals surface area contributed by atoms with Crippen LogP contribution in [-0.2, 0) is 6.54 Å². The quantitative estimate of drug-likeness (QED) is 0.887. The largest absolute Gasteiger partial charge is 0.477 e. The molecule has 1 aromatic carbocycles. The predicted octanol–water partition coefficient (Wildman–Crippen LogP) is 1.54. The van der Waals surface area contributed by atoms with Crippen molar-refractivity contribution < 1.29 is 18.7 Å². The zero-order valence-corrected chi connectivity index (χ0v) is 13.3. The van der Waals surface area contributed by atoms with Crippen molar-refractivity contribution in [2.24, 2.45) is 5.73 Å². The van der Waals surface area contributed by atoms with Crippen LogP contribution in [0.15, 0.2) is 17.1 Å². The van der Waals surface area contributed by atoms with E-state index in [4.69, 9.17) is 10.8 Å². The highest BCUT2D eigenvalue weighted by Crippen LogP contribution is 2.34. The number of aryl methyl sites for hydroxylation is 1. The van der Waals surface area contributed by atoms with Gasteiger partial charge in [-0.2, -0.15) is 0 Å². The molecular formula is C16H17F2N3O3. The number of hydrogen-bond acceptors (Lipinski definition) is 4. The minimum absolute atomic E-state index is 0.102. The van der Waals surface area contributed by atoms with E-state index in [-0.39, 0.29) is 36.2 Å². The summed E-state index contributed by atoms with van der Waals surface area (Å²) >= 11 is 0. The van der Waals surface area contributed by atoms with E-state index in [1.807, 2.05) is 0 Å². The number of carboxylic acid groups (broad SMARTS) is 1. The monoisotopic (exact) mass is 337 g/mol. The molecule has 3 rings (SSSR count). The van der Waals surface area contributed by atoms with Gasteiger partial charge in [0.05, 0.1) is 10.9 Å². The van der Waals surface area contributed by atoms with Gasteiger partial charge in [0.1, 0.15) is 17.1 Å². The van der Waals surface area contributed by atoms with Crippen molar-refractivity contribution in [2.45, 2.75) is 25.9 Å². The van der Waals surface area contributed by atoms with E-state index in [0.717, 1.165) is 12.3 Å². The first-order chi connectivity index (χ1) is 11.2. The Morgan fingerprint density at radius 2 is 2.04 bits per heavy atom. The standard InChI is InChI=1S/C16H17F2N3O3/c1-3-20-5-9(15(23)24)14(22)8-4-10(17)13(11(18)12(8)20)21-6-16(2,19)7-21/h4-5H,3,6-7,19H2,1-2H3,(H,23,24). The Kier molecular flexibility index (Phi) is 3.60. The van der Waals surface area contributed by atoms with Crippen LogP contribution in [0, 0.1) is 11.6 Å². The van der Waals surface area contributed by atoms with Gasteiger partial charge in [-0.15, -0.1) is 0 Å². The third-order valence-corrected chi connectivity index (χ3v) is 4.22. The zero-order chi connectivity index (χ0) is 17.8. The Balaban J connectivity index is 2.31. The summed E-state index contributed by atoms with van der Waals surface area (Å²) in [7, 11) is 0. The van der Waals surface area contributed by atoms with E-state index in [9.17, 15) is 18.4 Å². The van der Waals surface area contributed by atoms with E-state index in [1.165, 1.54) is 9.47 Å². The number of nitrogens with two attached hydrogens (primary N) is 1. The fourth-order valence-corrected chi connectivity index (χ4v) is 3.15. The van der Waals surface area contributed by atoms with Gasteiger partial charge in [0.15, 0.2) is 5.82 Å². The number of carbonyl (C=O) groups is 1. The van der Waals surface area contributed by atoms with Crippen molar-refractivity contribution in [3.8, 4) is 0 Å². The van der Waals surface area contributed by atoms with E-state index in [2.05, 4.69) is 0 Å². The van der Waals surface area contributed by atoms with Crippen LogP contribution in [0.1, 0.15) is 24.2 Å². The third-order valence-electron chi connectivity index (χ3n) is 4.22. The molecule has 1 aromatic heterocycles. The molecule has 0 bridgehead atoms. The van der Waals surface area contributed by atoms with Gasteiger partial charge in [-0.1, -0.05) is 0 Å². The number of hydrogen-bond donors (Lipinski definition) is 2. The molecule has 0 radical (unpaired) electrons. The molecule has 1 fully saturated rings. The maximum atomic E-state index is 15.0. The molecule has 1 aliphatic rings. The van der Waals surface area contributed by atoms with Gasteiger partial charge in [0.2, 0.25) is 5.43 Å². The fourth-order valence-electron chi connectivity index (χ4n) is 3.15. The lowest BCUT2D eigenvalue weighted by Crippen LogP contribution is -2.66. The summed E-state index contributed by atoms with van der Waals surface area (Å²) in [5, 5.41) is 8.82. The Labute approximate surface area is 136 Å². The SMILES string of the molecule is CCn1cc(C(=O)O)c(=O)c2cc(F)c(N3CC(C)(N)C3)c(F)c21. The van der Waals surface area contributed by atoms with Crippen LogP contribution in [0.4, 0.5) is 14.5 Å². The first-order valence-electron chi connectivity index (χ1n) is 7.48. The van der Waals surface area contributed by atoms with Crippen molar-refractivity contribution in [2.75, 3.05) is 18.0 Å². The molecule has 8 heteroatoms. The van der Waals surface area contributed by atoms with Crippen LogP contribution < -0.4 is 16.1 Å². The maximum Gasteiger partial charge on any atom is 0.341 e. The minimum Gasteiger partial charge on any atom is -0.477 e. The maximum absolute atomic E-state index is 15.0. The zero-order valence-electron chi connectivity index (χ0n) is 13.3. The fraction of sp³-hybridized carbons (Fsp3) is 0.375. The number of rotatable bonds is 3. The highest BCUT2D eigenvalue weighted by molar-refractivity contribution is 5.94. The molecule has 0 unspecified atom stereocenters. The lowest BCUT2D eigenvalue weighted by atomic mass is 9.92. The number of benzene rings is 1. The first kappa shape index (κ1) is 16.4. The summed E-state index contributed by atoms with van der Waals surface area (Å²) < 4.78 is 30.7. The van der Waals surface area contributed by atoms with Crippen LogP contribution in [0.3, 0.4) is 0 Å².